The van der Waals surface area contributed by atoms with Crippen LogP contribution in [-0.2, 0) is 24.4 Å². The smallest absolute Gasteiger partial charge is 0.327 e. The van der Waals surface area contributed by atoms with Crippen molar-refractivity contribution in [2.75, 3.05) is 11.0 Å². The molecule has 0 aromatic carbocycles. The molecule has 22 heavy (non-hydrogen) atoms. The Morgan fingerprint density at radius 3 is 2.23 bits per heavy atom. The summed E-state index contributed by atoms with van der Waals surface area (Å²) < 4.78 is 36.9. The van der Waals surface area contributed by atoms with Crippen LogP contribution in [0.5, 0.6) is 0 Å². The van der Waals surface area contributed by atoms with E-state index < -0.39 is 33.7 Å². The van der Waals surface area contributed by atoms with Crippen molar-refractivity contribution in [3.05, 3.63) is 0 Å². The number of alkyl halides is 2. The topological polar surface area (TPSA) is 118 Å². The van der Waals surface area contributed by atoms with E-state index in [4.69, 9.17) is 14.4 Å². The van der Waals surface area contributed by atoms with Gasteiger partial charge in [-0.25, -0.2) is 0 Å². The van der Waals surface area contributed by atoms with Crippen molar-refractivity contribution in [3.8, 4) is 0 Å². The molecule has 7 nitrogen and oxygen atoms in total. The summed E-state index contributed by atoms with van der Waals surface area (Å²) in [6, 6.07) is 0. The van der Waals surface area contributed by atoms with Crippen LogP contribution >= 0.6 is 45.2 Å². The molecule has 2 unspecified atom stereocenters. The Morgan fingerprint density at radius 2 is 1.73 bits per heavy atom. The first kappa shape index (κ1) is 22.3. The van der Waals surface area contributed by atoms with Crippen molar-refractivity contribution in [1.82, 2.24) is 0 Å². The highest BCUT2D eigenvalue weighted by atomic mass is 127. The lowest BCUT2D eigenvalue weighted by atomic mass is 10.1. The van der Waals surface area contributed by atoms with Gasteiger partial charge in [0.1, 0.15) is 6.61 Å². The molecular formula is C12H20I2O7S. The average molecular weight is 562 g/mol. The zero-order valence-corrected chi connectivity index (χ0v) is 17.0. The van der Waals surface area contributed by atoms with Crippen LogP contribution in [0.15, 0.2) is 0 Å². The summed E-state index contributed by atoms with van der Waals surface area (Å²) in [5.41, 5.74) is 0. The number of esters is 1. The van der Waals surface area contributed by atoms with Gasteiger partial charge in [-0.2, -0.15) is 8.42 Å². The van der Waals surface area contributed by atoms with Gasteiger partial charge in [0.05, 0.1) is 6.42 Å². The first-order chi connectivity index (χ1) is 10.2. The van der Waals surface area contributed by atoms with Crippen LogP contribution in [0.25, 0.3) is 0 Å². The summed E-state index contributed by atoms with van der Waals surface area (Å²) in [5.74, 6) is -2.72. The van der Waals surface area contributed by atoms with E-state index in [0.717, 1.165) is 30.1 Å². The van der Waals surface area contributed by atoms with Crippen LogP contribution in [0.1, 0.15) is 38.5 Å². The molecule has 0 aliphatic heterocycles. The molecule has 0 fully saturated rings. The molecule has 0 bridgehead atoms. The van der Waals surface area contributed by atoms with E-state index in [1.807, 2.05) is 0 Å². The third-order valence-corrected chi connectivity index (χ3v) is 5.61. The Balaban J connectivity index is 4.20. The summed E-state index contributed by atoms with van der Waals surface area (Å²) in [6.45, 7) is -0.00266. The number of carboxylic acids is 1. The third kappa shape index (κ3) is 10.9. The first-order valence-electron chi connectivity index (χ1n) is 6.73. The van der Waals surface area contributed by atoms with Crippen molar-refractivity contribution < 1.29 is 32.4 Å². The fourth-order valence-electron chi connectivity index (χ4n) is 1.63. The molecule has 0 amide bonds. The highest BCUT2D eigenvalue weighted by Crippen LogP contribution is 2.15. The molecule has 2 atom stereocenters. The van der Waals surface area contributed by atoms with E-state index in [1.54, 1.807) is 0 Å². The molecule has 130 valence electrons. The molecule has 0 spiro atoms. The van der Waals surface area contributed by atoms with Crippen LogP contribution in [0, 0.1) is 0 Å². The average Bonchev–Trinajstić information content (AvgIpc) is 2.40. The van der Waals surface area contributed by atoms with E-state index in [0.29, 0.717) is 0 Å². The third-order valence-electron chi connectivity index (χ3n) is 2.79. The molecule has 0 aromatic rings. The minimum Gasteiger partial charge on any atom is -0.481 e. The Kier molecular flexibility index (Phi) is 12.0. The number of hydrogen-bond acceptors (Lipinski definition) is 5. The van der Waals surface area contributed by atoms with Gasteiger partial charge in [0.25, 0.3) is 10.1 Å². The Morgan fingerprint density at radius 1 is 1.14 bits per heavy atom. The van der Waals surface area contributed by atoms with Crippen molar-refractivity contribution in [1.29, 1.82) is 0 Å². The Hall–Kier alpha value is 0.310. The molecule has 0 heterocycles. The minimum atomic E-state index is -4.79. The molecule has 0 saturated carbocycles. The number of aliphatic carboxylic acids is 1. The lowest BCUT2D eigenvalue weighted by Gasteiger charge is -2.14. The lowest BCUT2D eigenvalue weighted by Crippen LogP contribution is -2.34. The normalized spacial score (nSPS) is 14.3. The quantitative estimate of drug-likeness (QED) is 0.123. The lowest BCUT2D eigenvalue weighted by molar-refractivity contribution is -0.147. The maximum Gasteiger partial charge on any atom is 0.327 e. The van der Waals surface area contributed by atoms with Crippen molar-refractivity contribution in [2.24, 2.45) is 0 Å². The van der Waals surface area contributed by atoms with Gasteiger partial charge in [-0.05, 0) is 17.3 Å². The predicted molar refractivity (Wildman–Crippen MR) is 98.3 cm³/mol. The van der Waals surface area contributed by atoms with Crippen LogP contribution in [-0.4, -0.2) is 50.2 Å². The minimum absolute atomic E-state index is 0.00266. The van der Waals surface area contributed by atoms with E-state index in [9.17, 15) is 18.0 Å². The van der Waals surface area contributed by atoms with Gasteiger partial charge in [-0.3, -0.25) is 14.1 Å². The highest BCUT2D eigenvalue weighted by Gasteiger charge is 2.35. The van der Waals surface area contributed by atoms with Crippen LogP contribution in [0.4, 0.5) is 0 Å². The van der Waals surface area contributed by atoms with E-state index >= 15 is 0 Å². The van der Waals surface area contributed by atoms with Gasteiger partial charge >= 0.3 is 11.9 Å². The second kappa shape index (κ2) is 11.8. The second-order valence-electron chi connectivity index (χ2n) is 4.72. The van der Waals surface area contributed by atoms with E-state index in [-0.39, 0.29) is 10.5 Å². The van der Waals surface area contributed by atoms with Gasteiger partial charge in [-0.15, -0.1) is 0 Å². The largest absolute Gasteiger partial charge is 0.481 e. The summed E-state index contributed by atoms with van der Waals surface area (Å²) in [4.78, 5) is 22.2. The number of ether oxygens (including phenoxy) is 1. The van der Waals surface area contributed by atoms with Crippen molar-refractivity contribution >= 4 is 67.2 Å². The number of halogens is 2. The molecule has 10 heteroatoms. The summed E-state index contributed by atoms with van der Waals surface area (Å²) in [5, 5.41) is 6.50. The van der Waals surface area contributed by atoms with Crippen LogP contribution in [0.2, 0.25) is 0 Å². The number of rotatable bonds is 12. The summed E-state index contributed by atoms with van der Waals surface area (Å²) >= 11 is 4.42. The van der Waals surface area contributed by atoms with Crippen LogP contribution in [0.3, 0.4) is 0 Å². The molecule has 0 aliphatic carbocycles. The number of carboxylic acid groups (broad SMARTS) is 1. The SMILES string of the molecule is O=C(O)CC(C(=O)OCC(I)CCCCCCI)S(=O)(=O)O. The maximum absolute atomic E-state index is 11.6. The van der Waals surface area contributed by atoms with Gasteiger partial charge in [0.2, 0.25) is 0 Å². The predicted octanol–water partition coefficient (Wildman–Crippen LogP) is 2.45. The standard InChI is InChI=1S/C12H20I2O7S/c13-6-4-2-1-3-5-9(14)8-21-12(17)10(7-11(15)16)22(18,19)20/h9-10H,1-8H2,(H,15,16)(H,18,19,20). The molecule has 0 aliphatic rings. The fourth-order valence-corrected chi connectivity index (χ4v) is 3.46. The Labute approximate surface area is 157 Å². The first-order valence-corrected chi connectivity index (χ1v) is 11.0. The monoisotopic (exact) mass is 562 g/mol. The highest BCUT2D eigenvalue weighted by molar-refractivity contribution is 14.1. The molecule has 0 rings (SSSR count). The van der Waals surface area contributed by atoms with Gasteiger partial charge in [0, 0.05) is 3.92 Å². The molecule has 0 aromatic heterocycles. The van der Waals surface area contributed by atoms with Crippen LogP contribution < -0.4 is 0 Å². The summed E-state index contributed by atoms with van der Waals surface area (Å²) in [7, 11) is -4.79. The fraction of sp³-hybridized carbons (Fsp3) is 0.833. The number of hydrogen-bond donors (Lipinski definition) is 2. The molecule has 0 radical (unpaired) electrons. The summed E-state index contributed by atoms with van der Waals surface area (Å²) in [6.07, 6.45) is 4.20. The maximum atomic E-state index is 11.6. The zero-order valence-electron chi connectivity index (χ0n) is 11.9. The van der Waals surface area contributed by atoms with E-state index in [2.05, 4.69) is 45.2 Å². The number of carbonyl (C=O) groups is 2. The molecular weight excluding hydrogens is 542 g/mol. The van der Waals surface area contributed by atoms with E-state index in [1.165, 1.54) is 6.42 Å². The second-order valence-corrected chi connectivity index (χ2v) is 9.16. The number of unbranched alkanes of at least 4 members (excludes halogenated alkanes) is 3. The molecule has 2 N–H and O–H groups in total. The van der Waals surface area contributed by atoms with Gasteiger partial charge in [0.15, 0.2) is 5.25 Å². The van der Waals surface area contributed by atoms with Crippen molar-refractivity contribution in [2.45, 2.75) is 47.7 Å². The number of carbonyl (C=O) groups excluding carboxylic acids is 1. The van der Waals surface area contributed by atoms with Crippen molar-refractivity contribution in [3.63, 3.8) is 0 Å². The Bertz CT molecular complexity index is 452. The zero-order chi connectivity index (χ0) is 17.2. The van der Waals surface area contributed by atoms with Gasteiger partial charge < -0.3 is 9.84 Å². The van der Waals surface area contributed by atoms with Gasteiger partial charge in [-0.1, -0.05) is 64.4 Å². The molecule has 0 saturated heterocycles.